The summed E-state index contributed by atoms with van der Waals surface area (Å²) in [7, 11) is 1.47. The second kappa shape index (κ2) is 5.11. The Morgan fingerprint density at radius 3 is 2.80 bits per heavy atom. The lowest BCUT2D eigenvalue weighted by Gasteiger charge is -2.35. The summed E-state index contributed by atoms with van der Waals surface area (Å²) in [5.41, 5.74) is -0.470. The molecule has 4 rings (SSSR count). The second-order valence-corrected chi connectivity index (χ2v) is 6.02. The number of carbonyl (C=O) groups excluding carboxylic acids is 1. The molecule has 1 aliphatic heterocycles. The van der Waals surface area contributed by atoms with Crippen LogP contribution >= 0.6 is 0 Å². The molecule has 0 fully saturated rings. The number of carbonyl (C=O) groups is 1. The fourth-order valence-corrected chi connectivity index (χ4v) is 3.65. The Morgan fingerprint density at radius 1 is 1.28 bits per heavy atom. The van der Waals surface area contributed by atoms with E-state index in [1.165, 1.54) is 13.1 Å². The predicted molar refractivity (Wildman–Crippen MR) is 83.2 cm³/mol. The molecule has 3 heterocycles. The van der Waals surface area contributed by atoms with Crippen LogP contribution in [-0.4, -0.2) is 28.8 Å². The highest BCUT2D eigenvalue weighted by Gasteiger charge is 2.53. The maximum absolute atomic E-state index is 13.2. The Bertz CT molecular complexity index is 922. The average Bonchev–Trinajstić information content (AvgIpc) is 2.98. The van der Waals surface area contributed by atoms with Crippen molar-refractivity contribution in [2.24, 2.45) is 4.99 Å². The van der Waals surface area contributed by atoms with Crippen molar-refractivity contribution >= 4 is 11.7 Å². The molecule has 1 aliphatic carbocycles. The van der Waals surface area contributed by atoms with Crippen LogP contribution in [-0.2, 0) is 22.8 Å². The predicted octanol–water partition coefficient (Wildman–Crippen LogP) is 2.23. The van der Waals surface area contributed by atoms with Crippen LogP contribution in [0.15, 0.2) is 35.5 Å². The minimum absolute atomic E-state index is 0.0958. The molecule has 0 bridgehead atoms. The van der Waals surface area contributed by atoms with Crippen LogP contribution < -0.4 is 5.32 Å². The van der Waals surface area contributed by atoms with Gasteiger partial charge in [0.05, 0.1) is 5.69 Å². The molecule has 0 saturated carbocycles. The zero-order valence-corrected chi connectivity index (χ0v) is 13.2. The Balaban J connectivity index is 2.04. The average molecular weight is 346 g/mol. The lowest BCUT2D eigenvalue weighted by atomic mass is 9.73. The first-order valence-corrected chi connectivity index (χ1v) is 7.69. The number of amides is 1. The Kier molecular flexibility index (Phi) is 3.22. The van der Waals surface area contributed by atoms with Crippen molar-refractivity contribution in [1.29, 1.82) is 0 Å². The molecule has 1 unspecified atom stereocenters. The van der Waals surface area contributed by atoms with Crippen LogP contribution in [0.25, 0.3) is 0 Å². The molecule has 0 aromatic carbocycles. The van der Waals surface area contributed by atoms with E-state index < -0.39 is 23.2 Å². The fourth-order valence-electron chi connectivity index (χ4n) is 3.65. The summed E-state index contributed by atoms with van der Waals surface area (Å²) in [6.45, 7) is 0. The third kappa shape index (κ3) is 2.09. The SMILES string of the molecule is CN=C1NC(=O)C2(CCc3ncccc32)c2nc(C(F)(F)F)ccc21. The lowest BCUT2D eigenvalue weighted by Crippen LogP contribution is -2.52. The number of hydrogen-bond donors (Lipinski definition) is 1. The van der Waals surface area contributed by atoms with Crippen LogP contribution in [0.3, 0.4) is 0 Å². The number of nitrogens with zero attached hydrogens (tertiary/aromatic N) is 3. The quantitative estimate of drug-likeness (QED) is 0.795. The highest BCUT2D eigenvalue weighted by Crippen LogP contribution is 2.46. The zero-order valence-electron chi connectivity index (χ0n) is 13.2. The molecule has 1 amide bonds. The molecule has 1 spiro atoms. The number of rotatable bonds is 0. The summed E-state index contributed by atoms with van der Waals surface area (Å²) in [4.78, 5) is 25.1. The number of hydrogen-bond acceptors (Lipinski definition) is 4. The normalized spacial score (nSPS) is 23.5. The molecule has 25 heavy (non-hydrogen) atoms. The lowest BCUT2D eigenvalue weighted by molar-refractivity contribution is -0.141. The van der Waals surface area contributed by atoms with Gasteiger partial charge in [-0.25, -0.2) is 4.98 Å². The van der Waals surface area contributed by atoms with Crippen LogP contribution in [0.5, 0.6) is 0 Å². The number of pyridine rings is 2. The van der Waals surface area contributed by atoms with E-state index in [0.717, 1.165) is 6.07 Å². The Morgan fingerprint density at radius 2 is 2.08 bits per heavy atom. The number of halogens is 3. The van der Waals surface area contributed by atoms with Gasteiger partial charge in [0.2, 0.25) is 5.91 Å². The number of aliphatic imine (C=N–C) groups is 1. The smallest absolute Gasteiger partial charge is 0.309 e. The molecule has 1 atom stereocenters. The van der Waals surface area contributed by atoms with Crippen LogP contribution in [0.4, 0.5) is 13.2 Å². The van der Waals surface area contributed by atoms with Crippen molar-refractivity contribution in [3.63, 3.8) is 0 Å². The topological polar surface area (TPSA) is 67.2 Å². The van der Waals surface area contributed by atoms with Gasteiger partial charge in [0.25, 0.3) is 0 Å². The van der Waals surface area contributed by atoms with Gasteiger partial charge in [0.15, 0.2) is 0 Å². The van der Waals surface area contributed by atoms with E-state index in [1.54, 1.807) is 18.3 Å². The van der Waals surface area contributed by atoms with E-state index in [2.05, 4.69) is 20.3 Å². The molecule has 2 aliphatic rings. The van der Waals surface area contributed by atoms with Crippen LogP contribution in [0.2, 0.25) is 0 Å². The summed E-state index contributed by atoms with van der Waals surface area (Å²) in [6, 6.07) is 5.64. The van der Waals surface area contributed by atoms with Crippen molar-refractivity contribution in [3.8, 4) is 0 Å². The zero-order chi connectivity index (χ0) is 17.8. The number of aromatic nitrogens is 2. The number of amidine groups is 1. The van der Waals surface area contributed by atoms with E-state index in [-0.39, 0.29) is 11.5 Å². The molecule has 8 heteroatoms. The van der Waals surface area contributed by atoms with E-state index in [1.807, 2.05) is 0 Å². The standard InChI is InChI=1S/C17H13F3N4O/c1-21-14-9-4-5-12(17(18,19)20)23-13(9)16(15(25)24-14)7-6-11-10(16)3-2-8-22-11/h2-5,8H,6-7H2,1H3,(H,21,24,25). The van der Waals surface area contributed by atoms with Gasteiger partial charge in [-0.05, 0) is 36.6 Å². The first-order chi connectivity index (χ1) is 11.9. The summed E-state index contributed by atoms with van der Waals surface area (Å²) in [6.07, 6.45) is -2.16. The first kappa shape index (κ1) is 15.7. The highest BCUT2D eigenvalue weighted by molar-refractivity contribution is 6.16. The van der Waals surface area contributed by atoms with Gasteiger partial charge < -0.3 is 5.32 Å². The Labute approximate surface area is 141 Å². The van der Waals surface area contributed by atoms with Gasteiger partial charge in [-0.3, -0.25) is 14.8 Å². The highest BCUT2D eigenvalue weighted by atomic mass is 19.4. The van der Waals surface area contributed by atoms with Crippen molar-refractivity contribution in [2.45, 2.75) is 24.4 Å². The van der Waals surface area contributed by atoms with Crippen molar-refractivity contribution in [2.75, 3.05) is 7.05 Å². The second-order valence-electron chi connectivity index (χ2n) is 6.02. The molecule has 1 N–H and O–H groups in total. The van der Waals surface area contributed by atoms with Gasteiger partial charge in [0, 0.05) is 24.5 Å². The number of alkyl halides is 3. The molecule has 128 valence electrons. The molecule has 2 aromatic heterocycles. The minimum Gasteiger partial charge on any atom is -0.309 e. The summed E-state index contributed by atoms with van der Waals surface area (Å²) >= 11 is 0. The minimum atomic E-state index is -4.59. The molecular formula is C17H13F3N4O. The maximum Gasteiger partial charge on any atom is 0.433 e. The molecule has 0 radical (unpaired) electrons. The van der Waals surface area contributed by atoms with Crippen molar-refractivity contribution in [3.05, 3.63) is 58.7 Å². The maximum atomic E-state index is 13.2. The van der Waals surface area contributed by atoms with Crippen molar-refractivity contribution in [1.82, 2.24) is 15.3 Å². The Hall–Kier alpha value is -2.77. The fraction of sp³-hybridized carbons (Fsp3) is 0.294. The molecule has 0 saturated heterocycles. The van der Waals surface area contributed by atoms with E-state index in [4.69, 9.17) is 0 Å². The molecular weight excluding hydrogens is 333 g/mol. The van der Waals surface area contributed by atoms with Gasteiger partial charge in [-0.15, -0.1) is 0 Å². The van der Waals surface area contributed by atoms with Gasteiger partial charge in [0.1, 0.15) is 16.9 Å². The van der Waals surface area contributed by atoms with Gasteiger partial charge in [-0.2, -0.15) is 13.2 Å². The molecule has 2 aromatic rings. The van der Waals surface area contributed by atoms with Gasteiger partial charge >= 0.3 is 6.18 Å². The first-order valence-electron chi connectivity index (χ1n) is 7.69. The van der Waals surface area contributed by atoms with E-state index >= 15 is 0 Å². The van der Waals surface area contributed by atoms with Crippen molar-refractivity contribution < 1.29 is 18.0 Å². The van der Waals surface area contributed by atoms with Crippen LogP contribution in [0.1, 0.15) is 34.6 Å². The van der Waals surface area contributed by atoms with E-state index in [9.17, 15) is 18.0 Å². The van der Waals surface area contributed by atoms with E-state index in [0.29, 0.717) is 29.7 Å². The number of nitrogens with one attached hydrogen (secondary N) is 1. The number of fused-ring (bicyclic) bond motifs is 4. The van der Waals surface area contributed by atoms with Gasteiger partial charge in [-0.1, -0.05) is 6.07 Å². The summed E-state index contributed by atoms with van der Waals surface area (Å²) < 4.78 is 39.6. The third-order valence-corrected chi connectivity index (χ3v) is 4.78. The molecule has 5 nitrogen and oxygen atoms in total. The third-order valence-electron chi connectivity index (χ3n) is 4.78. The van der Waals surface area contributed by atoms with Crippen LogP contribution in [0, 0.1) is 0 Å². The number of aryl methyl sites for hydroxylation is 1. The largest absolute Gasteiger partial charge is 0.433 e. The summed E-state index contributed by atoms with van der Waals surface area (Å²) in [5, 5.41) is 2.72. The summed E-state index contributed by atoms with van der Waals surface area (Å²) in [5.74, 6) is -0.191. The monoisotopic (exact) mass is 346 g/mol.